The van der Waals surface area contributed by atoms with Crippen LogP contribution < -0.4 is 11.4 Å². The van der Waals surface area contributed by atoms with Gasteiger partial charge in [-0.05, 0) is 12.1 Å². The molecule has 0 aliphatic carbocycles. The molecule has 0 aliphatic rings. The Hall–Kier alpha value is -2.11. The molecule has 0 spiro atoms. The van der Waals surface area contributed by atoms with E-state index in [2.05, 4.69) is 10.2 Å². The largest absolute Gasteiger partial charge is 0.462 e. The number of hydrogen-bond donors (Lipinski definition) is 1. The average Bonchev–Trinajstić information content (AvgIpc) is 2.74. The molecule has 0 atom stereocenters. The molecule has 0 aromatic carbocycles. The molecule has 2 aromatic rings. The van der Waals surface area contributed by atoms with Gasteiger partial charge in [-0.2, -0.15) is 0 Å². The zero-order valence-corrected chi connectivity index (χ0v) is 9.04. The van der Waals surface area contributed by atoms with Gasteiger partial charge in [0.2, 0.25) is 0 Å². The van der Waals surface area contributed by atoms with Gasteiger partial charge in [0.05, 0.1) is 6.26 Å². The molecule has 0 aliphatic heterocycles. The summed E-state index contributed by atoms with van der Waals surface area (Å²) in [4.78, 5) is 11.9. The van der Waals surface area contributed by atoms with Gasteiger partial charge in [0.1, 0.15) is 0 Å². The third-order valence-corrected chi connectivity index (χ3v) is 2.19. The molecule has 84 valence electrons. The second-order valence-electron chi connectivity index (χ2n) is 3.71. The summed E-state index contributed by atoms with van der Waals surface area (Å²) in [5.74, 6) is 6.50. The summed E-state index contributed by atoms with van der Waals surface area (Å²) in [5, 5.41) is 7.77. The maximum Gasteiger partial charge on any atom is 0.302 e. The molecule has 0 saturated carbocycles. The number of hydrogen-bond acceptors (Lipinski definition) is 5. The average molecular weight is 220 g/mol. The maximum atomic E-state index is 11.9. The van der Waals surface area contributed by atoms with Crippen molar-refractivity contribution in [1.29, 1.82) is 0 Å². The van der Waals surface area contributed by atoms with Crippen LogP contribution in [0.3, 0.4) is 0 Å². The number of aromatic nitrogens is 3. The number of nitrogen functional groups attached to an aromatic ring is 1. The minimum Gasteiger partial charge on any atom is -0.462 e. The Labute approximate surface area is 91.7 Å². The smallest absolute Gasteiger partial charge is 0.302 e. The Morgan fingerprint density at radius 3 is 2.75 bits per heavy atom. The van der Waals surface area contributed by atoms with Crippen LogP contribution in [0.2, 0.25) is 0 Å². The number of nitrogens with zero attached hydrogens (tertiary/aromatic N) is 3. The summed E-state index contributed by atoms with van der Waals surface area (Å²) in [7, 11) is 0. The predicted octanol–water partition coefficient (Wildman–Crippen LogP) is 0.736. The maximum absolute atomic E-state index is 11.9. The van der Waals surface area contributed by atoms with Crippen molar-refractivity contribution in [3.63, 3.8) is 0 Å². The third kappa shape index (κ3) is 1.58. The highest BCUT2D eigenvalue weighted by Crippen LogP contribution is 2.13. The molecule has 0 fully saturated rings. The summed E-state index contributed by atoms with van der Waals surface area (Å²) < 4.78 is 6.09. The van der Waals surface area contributed by atoms with Gasteiger partial charge in [0.25, 0.3) is 0 Å². The first-order chi connectivity index (χ1) is 7.61. The van der Waals surface area contributed by atoms with Gasteiger partial charge in [-0.3, -0.25) is 4.79 Å². The van der Waals surface area contributed by atoms with E-state index < -0.39 is 5.56 Å². The van der Waals surface area contributed by atoms with Crippen molar-refractivity contribution in [2.75, 3.05) is 5.84 Å². The fourth-order valence-electron chi connectivity index (χ4n) is 1.37. The van der Waals surface area contributed by atoms with E-state index >= 15 is 0 Å². The molecule has 6 nitrogen and oxygen atoms in total. The highest BCUT2D eigenvalue weighted by Gasteiger charge is 2.15. The molecule has 2 N–H and O–H groups in total. The molecular formula is C10H12N4O2. The summed E-state index contributed by atoms with van der Waals surface area (Å²) in [5.41, 5.74) is -0.287. The lowest BCUT2D eigenvalue weighted by Crippen LogP contribution is -2.34. The molecule has 6 heteroatoms. The van der Waals surface area contributed by atoms with Gasteiger partial charge in [-0.25, -0.2) is 4.68 Å². The Morgan fingerprint density at radius 1 is 1.44 bits per heavy atom. The lowest BCUT2D eigenvalue weighted by Gasteiger charge is -2.08. The Kier molecular flexibility index (Phi) is 2.47. The Bertz CT molecular complexity index is 542. The number of rotatable bonds is 2. The van der Waals surface area contributed by atoms with Gasteiger partial charge < -0.3 is 10.3 Å². The van der Waals surface area contributed by atoms with Crippen LogP contribution in [0.15, 0.2) is 27.6 Å². The molecule has 0 radical (unpaired) electrons. The summed E-state index contributed by atoms with van der Waals surface area (Å²) >= 11 is 0. The first-order valence-electron chi connectivity index (χ1n) is 4.90. The molecule has 2 aromatic heterocycles. The van der Waals surface area contributed by atoms with Gasteiger partial charge in [0.15, 0.2) is 17.3 Å². The first kappa shape index (κ1) is 10.4. The highest BCUT2D eigenvalue weighted by atomic mass is 16.3. The predicted molar refractivity (Wildman–Crippen MR) is 58.2 cm³/mol. The van der Waals surface area contributed by atoms with E-state index in [9.17, 15) is 4.79 Å². The fourth-order valence-corrected chi connectivity index (χ4v) is 1.37. The topological polar surface area (TPSA) is 86.9 Å². The second-order valence-corrected chi connectivity index (χ2v) is 3.71. The monoisotopic (exact) mass is 220 g/mol. The Morgan fingerprint density at radius 2 is 2.19 bits per heavy atom. The first-order valence-corrected chi connectivity index (χ1v) is 4.90. The summed E-state index contributed by atoms with van der Waals surface area (Å²) in [6, 6.07) is 3.31. The van der Waals surface area contributed by atoms with Gasteiger partial charge in [-0.15, -0.1) is 10.2 Å². The fraction of sp³-hybridized carbons (Fsp3) is 0.300. The van der Waals surface area contributed by atoms with Crippen molar-refractivity contribution in [3.8, 4) is 11.5 Å². The molecule has 16 heavy (non-hydrogen) atoms. The molecule has 0 bridgehead atoms. The molecule has 0 saturated heterocycles. The number of furan rings is 1. The van der Waals surface area contributed by atoms with E-state index in [4.69, 9.17) is 10.3 Å². The zero-order valence-electron chi connectivity index (χ0n) is 9.04. The lowest BCUT2D eigenvalue weighted by atomic mass is 10.2. The quantitative estimate of drug-likeness (QED) is 0.754. The summed E-state index contributed by atoms with van der Waals surface area (Å²) in [6.07, 6.45) is 1.47. The van der Waals surface area contributed by atoms with E-state index in [1.165, 1.54) is 6.26 Å². The van der Waals surface area contributed by atoms with Crippen LogP contribution in [0.5, 0.6) is 0 Å². The third-order valence-electron chi connectivity index (χ3n) is 2.19. The normalized spacial score (nSPS) is 10.9. The summed E-state index contributed by atoms with van der Waals surface area (Å²) in [6.45, 7) is 3.78. The van der Waals surface area contributed by atoms with E-state index in [0.717, 1.165) is 4.68 Å². The molecule has 0 amide bonds. The van der Waals surface area contributed by atoms with Crippen LogP contribution in [0.1, 0.15) is 25.6 Å². The van der Waals surface area contributed by atoms with Crippen molar-refractivity contribution in [2.45, 2.75) is 19.8 Å². The molecule has 2 heterocycles. The van der Waals surface area contributed by atoms with E-state index in [1.807, 2.05) is 13.8 Å². The minimum absolute atomic E-state index is 0.0378. The van der Waals surface area contributed by atoms with Crippen LogP contribution in [0.4, 0.5) is 0 Å². The van der Waals surface area contributed by atoms with Crippen molar-refractivity contribution in [3.05, 3.63) is 34.6 Å². The minimum atomic E-state index is -0.409. The zero-order chi connectivity index (χ0) is 11.7. The number of nitrogens with two attached hydrogens (primary N) is 1. The van der Waals surface area contributed by atoms with Crippen molar-refractivity contribution in [1.82, 2.24) is 14.9 Å². The van der Waals surface area contributed by atoms with Gasteiger partial charge >= 0.3 is 5.56 Å². The second kappa shape index (κ2) is 3.80. The lowest BCUT2D eigenvalue weighted by molar-refractivity contribution is 0.571. The van der Waals surface area contributed by atoms with Gasteiger partial charge in [-0.1, -0.05) is 13.8 Å². The van der Waals surface area contributed by atoms with Crippen LogP contribution >= 0.6 is 0 Å². The standard InChI is InChI=1S/C10H12N4O2/c1-6(2)9-13-12-8(10(15)14(9)11)7-4-3-5-16-7/h3-6H,11H2,1-2H3. The molecule has 2 rings (SSSR count). The van der Waals surface area contributed by atoms with E-state index in [0.29, 0.717) is 11.6 Å². The van der Waals surface area contributed by atoms with Crippen LogP contribution in [0, 0.1) is 0 Å². The van der Waals surface area contributed by atoms with E-state index in [-0.39, 0.29) is 11.6 Å². The highest BCUT2D eigenvalue weighted by molar-refractivity contribution is 5.49. The Balaban J connectivity index is 2.61. The van der Waals surface area contributed by atoms with E-state index in [1.54, 1.807) is 12.1 Å². The van der Waals surface area contributed by atoms with Crippen molar-refractivity contribution < 1.29 is 4.42 Å². The molecule has 0 unspecified atom stereocenters. The molecular weight excluding hydrogens is 208 g/mol. The van der Waals surface area contributed by atoms with Crippen molar-refractivity contribution >= 4 is 0 Å². The SMILES string of the molecule is CC(C)c1nnc(-c2ccco2)c(=O)n1N. The van der Waals surface area contributed by atoms with Crippen LogP contribution in [0.25, 0.3) is 11.5 Å². The van der Waals surface area contributed by atoms with Crippen LogP contribution in [-0.4, -0.2) is 14.9 Å². The van der Waals surface area contributed by atoms with Crippen LogP contribution in [-0.2, 0) is 0 Å². The van der Waals surface area contributed by atoms with Crippen molar-refractivity contribution in [2.24, 2.45) is 0 Å². The van der Waals surface area contributed by atoms with Gasteiger partial charge in [0, 0.05) is 5.92 Å².